The van der Waals surface area contributed by atoms with Crippen molar-refractivity contribution in [2.24, 2.45) is 0 Å². The normalized spacial score (nSPS) is 10.5. The quantitative estimate of drug-likeness (QED) is 0.692. The van der Waals surface area contributed by atoms with Crippen LogP contribution in [0.1, 0.15) is 31.5 Å². The molecule has 0 spiro atoms. The fourth-order valence-electron chi connectivity index (χ4n) is 1.69. The summed E-state index contributed by atoms with van der Waals surface area (Å²) < 4.78 is 0. The Balaban J connectivity index is 2.21. The van der Waals surface area contributed by atoms with Crippen molar-refractivity contribution in [2.45, 2.75) is 27.3 Å². The zero-order valence-corrected chi connectivity index (χ0v) is 12.5. The Morgan fingerprint density at radius 3 is 2.68 bits per heavy atom. The van der Waals surface area contributed by atoms with Gasteiger partial charge in [0.25, 0.3) is 0 Å². The third-order valence-electron chi connectivity index (χ3n) is 2.78. The predicted octanol–water partition coefficient (Wildman–Crippen LogP) is 3.54. The number of carbonyl (C=O) groups excluding carboxylic acids is 1. The number of rotatable bonds is 4. The topological polar surface area (TPSA) is 54.9 Å². The molecule has 0 radical (unpaired) electrons. The van der Waals surface area contributed by atoms with Crippen molar-refractivity contribution in [3.63, 3.8) is 0 Å². The maximum Gasteiger partial charge on any atom is 0.156 e. The Bertz CT molecular complexity index is 605. The molecule has 2 aromatic rings. The Morgan fingerprint density at radius 1 is 1.37 bits per heavy atom. The molecule has 0 aromatic carbocycles. The molecule has 0 aliphatic rings. The van der Waals surface area contributed by atoms with Gasteiger partial charge in [0.1, 0.15) is 16.8 Å². The minimum atomic E-state index is 0.184. The Labute approximate surface area is 120 Å². The highest BCUT2D eigenvalue weighted by atomic mass is 35.5. The molecule has 0 atom stereocenters. The summed E-state index contributed by atoms with van der Waals surface area (Å²) in [5, 5.41) is 3.33. The first-order chi connectivity index (χ1) is 9.01. The van der Waals surface area contributed by atoms with Crippen molar-refractivity contribution in [1.82, 2.24) is 9.97 Å². The monoisotopic (exact) mass is 295 g/mol. The second-order valence-electron chi connectivity index (χ2n) is 4.25. The van der Waals surface area contributed by atoms with Crippen LogP contribution in [0.3, 0.4) is 0 Å². The molecule has 0 saturated heterocycles. The fourth-order valence-corrected chi connectivity index (χ4v) is 2.94. The molecule has 1 N–H and O–H groups in total. The van der Waals surface area contributed by atoms with Crippen molar-refractivity contribution >= 4 is 35.0 Å². The second-order valence-corrected chi connectivity index (χ2v) is 5.95. The first kappa shape index (κ1) is 14.0. The largest absolute Gasteiger partial charge is 0.364 e. The lowest BCUT2D eigenvalue weighted by Crippen LogP contribution is -2.06. The van der Waals surface area contributed by atoms with Gasteiger partial charge in [0.05, 0.1) is 12.1 Å². The maximum absolute atomic E-state index is 11.0. The minimum Gasteiger partial charge on any atom is -0.364 e. The Kier molecular flexibility index (Phi) is 4.17. The van der Waals surface area contributed by atoms with E-state index < -0.39 is 0 Å². The van der Waals surface area contributed by atoms with Crippen LogP contribution in [0.5, 0.6) is 0 Å². The Morgan fingerprint density at radius 2 is 2.11 bits per heavy atom. The van der Waals surface area contributed by atoms with Gasteiger partial charge < -0.3 is 5.32 Å². The van der Waals surface area contributed by atoms with Crippen molar-refractivity contribution in [3.05, 3.63) is 37.9 Å². The molecule has 0 amide bonds. The molecule has 0 aliphatic heterocycles. The van der Waals surface area contributed by atoms with E-state index in [1.807, 2.05) is 0 Å². The summed E-state index contributed by atoms with van der Waals surface area (Å²) in [5.74, 6) is 1.02. The van der Waals surface area contributed by atoms with Gasteiger partial charge in [-0.05, 0) is 32.4 Å². The summed E-state index contributed by atoms with van der Waals surface area (Å²) in [4.78, 5) is 21.7. The van der Waals surface area contributed by atoms with Crippen molar-refractivity contribution < 1.29 is 4.79 Å². The van der Waals surface area contributed by atoms with E-state index in [2.05, 4.69) is 35.2 Å². The van der Waals surface area contributed by atoms with E-state index in [9.17, 15) is 4.79 Å². The number of aryl methyl sites for hydroxylation is 3. The van der Waals surface area contributed by atoms with E-state index in [0.29, 0.717) is 30.0 Å². The van der Waals surface area contributed by atoms with Crippen LogP contribution in [-0.4, -0.2) is 16.3 Å². The predicted molar refractivity (Wildman–Crippen MR) is 78.3 cm³/mol. The van der Waals surface area contributed by atoms with E-state index in [0.717, 1.165) is 0 Å². The van der Waals surface area contributed by atoms with E-state index in [1.54, 1.807) is 18.3 Å². The standard InChI is InChI=1S/C13H14ClN3OS/c1-7-4-10(19-8(7)2)5-15-13-11(6-18)12(14)16-9(3)17-13/h4,6H,5H2,1-3H3,(H,15,16,17). The number of aromatic nitrogens is 2. The molecule has 0 fully saturated rings. The second kappa shape index (κ2) is 5.67. The third kappa shape index (κ3) is 3.11. The molecule has 0 saturated carbocycles. The van der Waals surface area contributed by atoms with Gasteiger partial charge >= 0.3 is 0 Å². The molecule has 0 unspecified atom stereocenters. The van der Waals surface area contributed by atoms with Crippen LogP contribution in [0.2, 0.25) is 5.15 Å². The average molecular weight is 296 g/mol. The molecule has 100 valence electrons. The first-order valence-corrected chi connectivity index (χ1v) is 6.99. The lowest BCUT2D eigenvalue weighted by atomic mass is 10.3. The van der Waals surface area contributed by atoms with Crippen LogP contribution in [0.25, 0.3) is 0 Å². The number of hydrogen-bond donors (Lipinski definition) is 1. The number of halogens is 1. The fraction of sp³-hybridized carbons (Fsp3) is 0.308. The zero-order valence-electron chi connectivity index (χ0n) is 11.0. The van der Waals surface area contributed by atoms with E-state index in [4.69, 9.17) is 11.6 Å². The number of nitrogens with zero attached hydrogens (tertiary/aromatic N) is 2. The molecule has 0 bridgehead atoms. The Hall–Kier alpha value is -1.46. The number of hydrogen-bond acceptors (Lipinski definition) is 5. The first-order valence-electron chi connectivity index (χ1n) is 5.80. The lowest BCUT2D eigenvalue weighted by molar-refractivity contribution is 0.112. The van der Waals surface area contributed by atoms with Gasteiger partial charge in [-0.3, -0.25) is 4.79 Å². The third-order valence-corrected chi connectivity index (χ3v) is 4.22. The van der Waals surface area contributed by atoms with Gasteiger partial charge in [-0.1, -0.05) is 11.6 Å². The van der Waals surface area contributed by atoms with Gasteiger partial charge in [0.2, 0.25) is 0 Å². The minimum absolute atomic E-state index is 0.184. The lowest BCUT2D eigenvalue weighted by Gasteiger charge is -2.08. The zero-order chi connectivity index (χ0) is 14.0. The van der Waals surface area contributed by atoms with Crippen LogP contribution < -0.4 is 5.32 Å². The molecule has 2 rings (SSSR count). The molecule has 6 heteroatoms. The summed E-state index contributed by atoms with van der Waals surface area (Å²) in [6.45, 7) is 6.53. The number of thiophene rings is 1. The highest BCUT2D eigenvalue weighted by Gasteiger charge is 2.11. The molecule has 19 heavy (non-hydrogen) atoms. The highest BCUT2D eigenvalue weighted by molar-refractivity contribution is 7.12. The summed E-state index contributed by atoms with van der Waals surface area (Å²) in [6.07, 6.45) is 0.676. The summed E-state index contributed by atoms with van der Waals surface area (Å²) in [5.41, 5.74) is 1.58. The van der Waals surface area contributed by atoms with Crippen molar-refractivity contribution in [2.75, 3.05) is 5.32 Å². The maximum atomic E-state index is 11.0. The van der Waals surface area contributed by atoms with E-state index in [1.165, 1.54) is 15.3 Å². The van der Waals surface area contributed by atoms with E-state index >= 15 is 0 Å². The molecular weight excluding hydrogens is 282 g/mol. The number of aldehydes is 1. The molecule has 4 nitrogen and oxygen atoms in total. The van der Waals surface area contributed by atoms with Crippen molar-refractivity contribution in [1.29, 1.82) is 0 Å². The number of nitrogens with one attached hydrogen (secondary N) is 1. The summed E-state index contributed by atoms with van der Waals surface area (Å²) >= 11 is 7.65. The summed E-state index contributed by atoms with van der Waals surface area (Å²) in [6, 6.07) is 2.13. The van der Waals surface area contributed by atoms with Gasteiger partial charge in [0.15, 0.2) is 6.29 Å². The van der Waals surface area contributed by atoms with Crippen LogP contribution >= 0.6 is 22.9 Å². The molecule has 2 heterocycles. The SMILES string of the molecule is Cc1nc(Cl)c(C=O)c(NCc2cc(C)c(C)s2)n1. The van der Waals surface area contributed by atoms with E-state index in [-0.39, 0.29) is 5.15 Å². The molecule has 0 aliphatic carbocycles. The van der Waals surface area contributed by atoms with Crippen LogP contribution in [0, 0.1) is 20.8 Å². The number of carbonyl (C=O) groups is 1. The molecule has 2 aromatic heterocycles. The van der Waals surface area contributed by atoms with Gasteiger partial charge in [-0.2, -0.15) is 0 Å². The van der Waals surface area contributed by atoms with Gasteiger partial charge in [0, 0.05) is 9.75 Å². The summed E-state index contributed by atoms with van der Waals surface area (Å²) in [7, 11) is 0. The average Bonchev–Trinajstić information content (AvgIpc) is 2.65. The van der Waals surface area contributed by atoms with Gasteiger partial charge in [-0.15, -0.1) is 11.3 Å². The van der Waals surface area contributed by atoms with Gasteiger partial charge in [-0.25, -0.2) is 9.97 Å². The smallest absolute Gasteiger partial charge is 0.156 e. The van der Waals surface area contributed by atoms with Crippen LogP contribution in [0.4, 0.5) is 5.82 Å². The number of anilines is 1. The van der Waals surface area contributed by atoms with Crippen molar-refractivity contribution in [3.8, 4) is 0 Å². The molecular formula is C13H14ClN3OS. The highest BCUT2D eigenvalue weighted by Crippen LogP contribution is 2.23. The van der Waals surface area contributed by atoms with Crippen LogP contribution in [-0.2, 0) is 6.54 Å². The van der Waals surface area contributed by atoms with Crippen LogP contribution in [0.15, 0.2) is 6.07 Å².